The predicted molar refractivity (Wildman–Crippen MR) is 90.3 cm³/mol. The molecule has 0 saturated carbocycles. The minimum atomic E-state index is -2.03. The molecule has 3 aliphatic carbocycles. The van der Waals surface area contributed by atoms with E-state index in [-0.39, 0.29) is 11.9 Å². The van der Waals surface area contributed by atoms with Crippen LogP contribution in [0.4, 0.5) is 0 Å². The number of fused-ring (bicyclic) bond motifs is 1. The van der Waals surface area contributed by atoms with Crippen molar-refractivity contribution in [3.05, 3.63) is 23.5 Å². The number of ether oxygens (including phenoxy) is 2. The first kappa shape index (κ1) is 18.5. The minimum absolute atomic E-state index is 0.267. The predicted octanol–water partition coefficient (Wildman–Crippen LogP) is 2.50. The Kier molecular flexibility index (Phi) is 4.22. The molecule has 2 bridgehead atoms. The van der Waals surface area contributed by atoms with Crippen LogP contribution in [-0.2, 0) is 14.3 Å². The lowest BCUT2D eigenvalue weighted by atomic mass is 9.50. The molecule has 7 nitrogen and oxygen atoms in total. The molecule has 0 N–H and O–H groups in total. The Bertz CT molecular complexity index is 893. The van der Waals surface area contributed by atoms with E-state index in [0.29, 0.717) is 12.0 Å². The fraction of sp³-hybridized carbons (Fsp3) is 0.550. The summed E-state index contributed by atoms with van der Waals surface area (Å²) >= 11 is 0. The van der Waals surface area contributed by atoms with Gasteiger partial charge in [0.2, 0.25) is 0 Å². The number of cyclic esters (lactones) is 1. The lowest BCUT2D eigenvalue weighted by molar-refractivity contribution is -0.161. The molecule has 5 atom stereocenters. The number of nitrogens with zero attached hydrogens (tertiary/aromatic N) is 4. The summed E-state index contributed by atoms with van der Waals surface area (Å²) in [6, 6.07) is 7.71. The van der Waals surface area contributed by atoms with E-state index in [1.807, 2.05) is 31.2 Å². The van der Waals surface area contributed by atoms with Crippen molar-refractivity contribution in [2.75, 3.05) is 0 Å². The van der Waals surface area contributed by atoms with E-state index in [0.717, 1.165) is 0 Å². The van der Waals surface area contributed by atoms with E-state index >= 15 is 0 Å². The third-order valence-electron chi connectivity index (χ3n) is 5.80. The second-order valence-electron chi connectivity index (χ2n) is 7.44. The topological polar surface area (TPSA) is 131 Å². The van der Waals surface area contributed by atoms with Crippen LogP contribution in [0.2, 0.25) is 0 Å². The van der Waals surface area contributed by atoms with Gasteiger partial charge in [-0.05, 0) is 26.8 Å². The van der Waals surface area contributed by atoms with Crippen LogP contribution < -0.4 is 0 Å². The molecule has 0 aromatic carbocycles. The van der Waals surface area contributed by atoms with Crippen LogP contribution in [0, 0.1) is 73.9 Å². The van der Waals surface area contributed by atoms with Crippen molar-refractivity contribution in [3.63, 3.8) is 0 Å². The van der Waals surface area contributed by atoms with Gasteiger partial charge in [0.1, 0.15) is 17.8 Å². The number of hydrogen-bond donors (Lipinski definition) is 0. The zero-order valence-corrected chi connectivity index (χ0v) is 15.3. The Labute approximate surface area is 157 Å². The summed E-state index contributed by atoms with van der Waals surface area (Å²) < 4.78 is 11.5. The Morgan fingerprint density at radius 2 is 1.52 bits per heavy atom. The summed E-state index contributed by atoms with van der Waals surface area (Å²) in [5.41, 5.74) is -3.33. The normalized spacial score (nSPS) is 35.5. The molecule has 136 valence electrons. The molecule has 4 rings (SSSR count). The molecule has 1 heterocycles. The van der Waals surface area contributed by atoms with Crippen molar-refractivity contribution in [3.8, 4) is 24.3 Å². The third-order valence-corrected chi connectivity index (χ3v) is 5.80. The first-order valence-electron chi connectivity index (χ1n) is 8.72. The van der Waals surface area contributed by atoms with Gasteiger partial charge in [0.15, 0.2) is 10.8 Å². The molecule has 1 saturated heterocycles. The Morgan fingerprint density at radius 1 is 0.963 bits per heavy atom. The van der Waals surface area contributed by atoms with Gasteiger partial charge >= 0.3 is 5.97 Å². The SMILES string of the molecule is CC1=C[C@@H]2[C@@H]3C(=O)O[C@H](C)C[C@H](C)OC3=C[C@H]1C(C#N)(C#N)C2(C#N)C#N. The monoisotopic (exact) mass is 362 g/mol. The van der Waals surface area contributed by atoms with E-state index in [4.69, 9.17) is 9.47 Å². The molecule has 0 spiro atoms. The van der Waals surface area contributed by atoms with Crippen molar-refractivity contribution in [2.24, 2.45) is 28.6 Å². The maximum absolute atomic E-state index is 12.9. The largest absolute Gasteiger partial charge is 0.494 e. The maximum atomic E-state index is 12.9. The quantitative estimate of drug-likeness (QED) is 0.478. The average molecular weight is 362 g/mol. The van der Waals surface area contributed by atoms with E-state index in [2.05, 4.69) is 0 Å². The second-order valence-corrected chi connectivity index (χ2v) is 7.44. The summed E-state index contributed by atoms with van der Waals surface area (Å²) in [4.78, 5) is 12.9. The van der Waals surface area contributed by atoms with Gasteiger partial charge in [0.25, 0.3) is 0 Å². The fourth-order valence-corrected chi connectivity index (χ4v) is 4.54. The van der Waals surface area contributed by atoms with Crippen molar-refractivity contribution < 1.29 is 14.3 Å². The molecule has 27 heavy (non-hydrogen) atoms. The third kappa shape index (κ3) is 2.26. The lowest BCUT2D eigenvalue weighted by Crippen LogP contribution is -2.52. The summed E-state index contributed by atoms with van der Waals surface area (Å²) in [7, 11) is 0. The molecule has 0 aromatic heterocycles. The smallest absolute Gasteiger partial charge is 0.317 e. The number of nitriles is 4. The molecule has 0 unspecified atom stereocenters. The van der Waals surface area contributed by atoms with E-state index in [1.165, 1.54) is 0 Å². The molecular weight excluding hydrogens is 344 g/mol. The van der Waals surface area contributed by atoms with Gasteiger partial charge in [-0.1, -0.05) is 11.6 Å². The Hall–Kier alpha value is -3.29. The van der Waals surface area contributed by atoms with Crippen molar-refractivity contribution >= 4 is 5.97 Å². The van der Waals surface area contributed by atoms with Gasteiger partial charge in [0.05, 0.1) is 30.4 Å². The first-order chi connectivity index (χ1) is 12.8. The van der Waals surface area contributed by atoms with E-state index in [1.54, 1.807) is 26.0 Å². The second kappa shape index (κ2) is 6.15. The van der Waals surface area contributed by atoms with Gasteiger partial charge in [-0.25, -0.2) is 0 Å². The summed E-state index contributed by atoms with van der Waals surface area (Å²) in [5.74, 6) is -3.26. The zero-order valence-electron chi connectivity index (χ0n) is 15.3. The minimum Gasteiger partial charge on any atom is -0.494 e. The van der Waals surface area contributed by atoms with Crippen LogP contribution >= 0.6 is 0 Å². The summed E-state index contributed by atoms with van der Waals surface area (Å²) in [6.07, 6.45) is 3.04. The zero-order chi connectivity index (χ0) is 20.0. The van der Waals surface area contributed by atoms with Crippen molar-refractivity contribution in [1.82, 2.24) is 0 Å². The molecule has 1 fully saturated rings. The van der Waals surface area contributed by atoms with Crippen LogP contribution in [0.15, 0.2) is 23.5 Å². The number of carbonyl (C=O) groups excluding carboxylic acids is 1. The van der Waals surface area contributed by atoms with E-state index < -0.39 is 40.7 Å². The number of carbonyl (C=O) groups is 1. The van der Waals surface area contributed by atoms with E-state index in [9.17, 15) is 25.8 Å². The molecule has 7 heteroatoms. The van der Waals surface area contributed by atoms with Crippen LogP contribution in [0.1, 0.15) is 27.2 Å². The Balaban J connectivity index is 2.34. The summed E-state index contributed by atoms with van der Waals surface area (Å²) in [6.45, 7) is 5.32. The Morgan fingerprint density at radius 3 is 2.07 bits per heavy atom. The highest BCUT2D eigenvalue weighted by Gasteiger charge is 2.69. The lowest BCUT2D eigenvalue weighted by Gasteiger charge is -2.44. The van der Waals surface area contributed by atoms with Crippen molar-refractivity contribution in [1.29, 1.82) is 21.0 Å². The maximum Gasteiger partial charge on any atom is 0.317 e. The number of esters is 1. The van der Waals surface area contributed by atoms with Crippen molar-refractivity contribution in [2.45, 2.75) is 39.4 Å². The molecule has 0 amide bonds. The molecule has 0 radical (unpaired) electrons. The van der Waals surface area contributed by atoms with Gasteiger partial charge in [-0.15, -0.1) is 0 Å². The number of allylic oxidation sites excluding steroid dienone is 3. The highest BCUT2D eigenvalue weighted by Crippen LogP contribution is 2.61. The fourth-order valence-electron chi connectivity index (χ4n) is 4.54. The number of rotatable bonds is 0. The van der Waals surface area contributed by atoms with Crippen LogP contribution in [0.5, 0.6) is 0 Å². The highest BCUT2D eigenvalue weighted by molar-refractivity contribution is 5.78. The molecular formula is C20H18N4O3. The van der Waals surface area contributed by atoms with Crippen LogP contribution in [-0.4, -0.2) is 18.2 Å². The average Bonchev–Trinajstić information content (AvgIpc) is 2.81. The molecule has 4 aliphatic rings. The standard InChI is InChI=1S/C20H18N4O3/c1-11-4-15-17-16(26-12(2)5-13(3)27-18(17)25)6-14(11)19(7-21,8-22)20(15,9-23)10-24/h4,6,12-15,17H,5H2,1-3H3/t12-,13+,14+,15+,17-/m0/s1. The van der Waals surface area contributed by atoms with Crippen LogP contribution in [0.3, 0.4) is 0 Å². The van der Waals surface area contributed by atoms with Crippen LogP contribution in [0.25, 0.3) is 0 Å². The summed E-state index contributed by atoms with van der Waals surface area (Å²) in [5, 5.41) is 39.8. The number of hydrogen-bond acceptors (Lipinski definition) is 7. The highest BCUT2D eigenvalue weighted by atomic mass is 16.6. The molecule has 1 aliphatic heterocycles. The van der Waals surface area contributed by atoms with Gasteiger partial charge in [-0.2, -0.15) is 21.0 Å². The first-order valence-corrected chi connectivity index (χ1v) is 8.72. The van der Waals surface area contributed by atoms with Gasteiger partial charge in [0, 0.05) is 18.3 Å². The molecule has 0 aromatic rings. The van der Waals surface area contributed by atoms with Gasteiger partial charge in [-0.3, -0.25) is 4.79 Å². The van der Waals surface area contributed by atoms with Gasteiger partial charge < -0.3 is 9.47 Å².